The predicted octanol–water partition coefficient (Wildman–Crippen LogP) is 2.70. The molecule has 1 saturated carbocycles. The number of halogens is 1. The number of nitrogens with zero attached hydrogens (tertiary/aromatic N) is 1. The minimum Gasteiger partial charge on any atom is -0.488 e. The average molecular weight is 281 g/mol. The Labute approximate surface area is 120 Å². The molecule has 0 aliphatic heterocycles. The molecule has 1 aromatic rings. The average Bonchev–Trinajstić information content (AvgIpc) is 3.18. The van der Waals surface area contributed by atoms with Crippen LogP contribution in [0.15, 0.2) is 12.1 Å². The number of benzene rings is 1. The molecule has 0 unspecified atom stereocenters. The fourth-order valence-corrected chi connectivity index (χ4v) is 2.13. The van der Waals surface area contributed by atoms with Gasteiger partial charge in [-0.3, -0.25) is 0 Å². The van der Waals surface area contributed by atoms with Gasteiger partial charge in [0.1, 0.15) is 0 Å². The molecule has 0 radical (unpaired) electrons. The van der Waals surface area contributed by atoms with E-state index in [-0.39, 0.29) is 11.9 Å². The van der Waals surface area contributed by atoms with Gasteiger partial charge in [0.15, 0.2) is 11.6 Å². The summed E-state index contributed by atoms with van der Waals surface area (Å²) in [5.74, 6) is -0.177. The van der Waals surface area contributed by atoms with Gasteiger partial charge >= 0.3 is 0 Å². The molecule has 1 aromatic carbocycles. The number of hydrogen-bond donors (Lipinski definition) is 2. The summed E-state index contributed by atoms with van der Waals surface area (Å²) in [5, 5.41) is 3.25. The molecule has 0 saturated heterocycles. The van der Waals surface area contributed by atoms with Gasteiger partial charge in [-0.15, -0.1) is 0 Å². The van der Waals surface area contributed by atoms with Gasteiger partial charge in [-0.1, -0.05) is 0 Å². The lowest BCUT2D eigenvalue weighted by molar-refractivity contribution is 0.231. The SMILES string of the molecule is CC(C)Oc1cc(NCCN(C)C2CC2)c(N)cc1F. The van der Waals surface area contributed by atoms with Gasteiger partial charge in [0.25, 0.3) is 0 Å². The monoisotopic (exact) mass is 281 g/mol. The van der Waals surface area contributed by atoms with Crippen molar-refractivity contribution >= 4 is 11.4 Å². The van der Waals surface area contributed by atoms with E-state index in [1.54, 1.807) is 6.07 Å². The third-order valence-electron chi connectivity index (χ3n) is 3.42. The maximum absolute atomic E-state index is 13.7. The van der Waals surface area contributed by atoms with Gasteiger partial charge in [-0.25, -0.2) is 4.39 Å². The standard InChI is InChI=1S/C15H24FN3O/c1-10(2)20-15-9-14(13(17)8-12(15)16)18-6-7-19(3)11-4-5-11/h8-11,18H,4-7,17H2,1-3H3. The van der Waals surface area contributed by atoms with Crippen molar-refractivity contribution in [3.8, 4) is 5.75 Å². The highest BCUT2D eigenvalue weighted by molar-refractivity contribution is 5.68. The summed E-state index contributed by atoms with van der Waals surface area (Å²) in [5.41, 5.74) is 6.98. The number of nitrogens with two attached hydrogens (primary N) is 1. The van der Waals surface area contributed by atoms with Gasteiger partial charge in [0.2, 0.25) is 0 Å². The highest BCUT2D eigenvalue weighted by Gasteiger charge is 2.25. The van der Waals surface area contributed by atoms with Crippen molar-refractivity contribution in [1.82, 2.24) is 4.90 Å². The van der Waals surface area contributed by atoms with E-state index in [0.717, 1.165) is 24.8 Å². The van der Waals surface area contributed by atoms with E-state index in [2.05, 4.69) is 17.3 Å². The summed E-state index contributed by atoms with van der Waals surface area (Å²) >= 11 is 0. The highest BCUT2D eigenvalue weighted by Crippen LogP contribution is 2.29. The Balaban J connectivity index is 1.95. The molecule has 1 fully saturated rings. The Morgan fingerprint density at radius 1 is 1.45 bits per heavy atom. The van der Waals surface area contributed by atoms with Crippen molar-refractivity contribution in [3.05, 3.63) is 17.9 Å². The van der Waals surface area contributed by atoms with Crippen LogP contribution in [0.5, 0.6) is 5.75 Å². The second kappa shape index (κ2) is 6.31. The van der Waals surface area contributed by atoms with Crippen molar-refractivity contribution in [3.63, 3.8) is 0 Å². The van der Waals surface area contributed by atoms with Crippen LogP contribution in [0.2, 0.25) is 0 Å². The van der Waals surface area contributed by atoms with Crippen molar-refractivity contribution in [2.24, 2.45) is 0 Å². The lowest BCUT2D eigenvalue weighted by Gasteiger charge is -2.18. The third kappa shape index (κ3) is 4.00. The van der Waals surface area contributed by atoms with Crippen LogP contribution < -0.4 is 15.8 Å². The summed E-state index contributed by atoms with van der Waals surface area (Å²) in [4.78, 5) is 2.33. The molecular weight excluding hydrogens is 257 g/mol. The van der Waals surface area contributed by atoms with Crippen LogP contribution in [0, 0.1) is 5.82 Å². The largest absolute Gasteiger partial charge is 0.488 e. The Morgan fingerprint density at radius 2 is 2.15 bits per heavy atom. The number of nitrogens with one attached hydrogen (secondary N) is 1. The Bertz CT molecular complexity index is 461. The quantitative estimate of drug-likeness (QED) is 0.755. The van der Waals surface area contributed by atoms with Crippen molar-refractivity contribution in [2.45, 2.75) is 38.8 Å². The molecule has 2 rings (SSSR count). The zero-order valence-corrected chi connectivity index (χ0v) is 12.4. The zero-order chi connectivity index (χ0) is 14.7. The minimum atomic E-state index is -0.420. The summed E-state index contributed by atoms with van der Waals surface area (Å²) in [7, 11) is 2.13. The normalized spacial score (nSPS) is 14.9. The van der Waals surface area contributed by atoms with E-state index < -0.39 is 5.82 Å². The molecule has 112 valence electrons. The molecular formula is C15H24FN3O. The number of hydrogen-bond acceptors (Lipinski definition) is 4. The molecule has 0 bridgehead atoms. The number of rotatable bonds is 7. The molecule has 4 nitrogen and oxygen atoms in total. The summed E-state index contributed by atoms with van der Waals surface area (Å²) in [6, 6.07) is 3.69. The summed E-state index contributed by atoms with van der Waals surface area (Å²) in [6.45, 7) is 5.47. The maximum atomic E-state index is 13.7. The molecule has 20 heavy (non-hydrogen) atoms. The predicted molar refractivity (Wildman–Crippen MR) is 80.7 cm³/mol. The molecule has 0 spiro atoms. The van der Waals surface area contributed by atoms with E-state index in [1.807, 2.05) is 13.8 Å². The second-order valence-corrected chi connectivity index (χ2v) is 5.68. The fraction of sp³-hybridized carbons (Fsp3) is 0.600. The van der Waals surface area contributed by atoms with Crippen LogP contribution in [-0.2, 0) is 0 Å². The number of nitrogen functional groups attached to an aromatic ring is 1. The van der Waals surface area contributed by atoms with Crippen LogP contribution in [0.1, 0.15) is 26.7 Å². The van der Waals surface area contributed by atoms with Gasteiger partial charge in [0.05, 0.1) is 17.5 Å². The first-order valence-electron chi connectivity index (χ1n) is 7.17. The van der Waals surface area contributed by atoms with E-state index in [1.165, 1.54) is 18.9 Å². The Kier molecular flexibility index (Phi) is 4.70. The Hall–Kier alpha value is -1.49. The smallest absolute Gasteiger partial charge is 0.167 e. The minimum absolute atomic E-state index is 0.0676. The third-order valence-corrected chi connectivity index (χ3v) is 3.42. The molecule has 1 aliphatic rings. The molecule has 5 heteroatoms. The van der Waals surface area contributed by atoms with Gasteiger partial charge in [0, 0.05) is 31.3 Å². The van der Waals surface area contributed by atoms with Crippen LogP contribution in [0.3, 0.4) is 0 Å². The lowest BCUT2D eigenvalue weighted by atomic mass is 10.2. The van der Waals surface area contributed by atoms with E-state index in [9.17, 15) is 4.39 Å². The van der Waals surface area contributed by atoms with Gasteiger partial charge in [-0.05, 0) is 33.7 Å². The van der Waals surface area contributed by atoms with Crippen molar-refractivity contribution in [2.75, 3.05) is 31.2 Å². The van der Waals surface area contributed by atoms with Crippen LogP contribution in [0.25, 0.3) is 0 Å². The van der Waals surface area contributed by atoms with E-state index >= 15 is 0 Å². The van der Waals surface area contributed by atoms with Crippen LogP contribution in [0.4, 0.5) is 15.8 Å². The Morgan fingerprint density at radius 3 is 2.75 bits per heavy atom. The number of ether oxygens (including phenoxy) is 1. The first kappa shape index (κ1) is 14.9. The first-order chi connectivity index (χ1) is 9.47. The van der Waals surface area contributed by atoms with Gasteiger partial charge in [-0.2, -0.15) is 0 Å². The maximum Gasteiger partial charge on any atom is 0.167 e. The zero-order valence-electron chi connectivity index (χ0n) is 12.4. The van der Waals surface area contributed by atoms with E-state index in [0.29, 0.717) is 5.69 Å². The summed E-state index contributed by atoms with van der Waals surface area (Å²) < 4.78 is 19.1. The molecule has 0 heterocycles. The van der Waals surface area contributed by atoms with Crippen molar-refractivity contribution < 1.29 is 9.13 Å². The molecule has 0 atom stereocenters. The first-order valence-corrected chi connectivity index (χ1v) is 7.17. The molecule has 0 amide bonds. The van der Waals surface area contributed by atoms with Crippen LogP contribution >= 0.6 is 0 Å². The lowest BCUT2D eigenvalue weighted by Crippen LogP contribution is -2.27. The summed E-state index contributed by atoms with van der Waals surface area (Å²) in [6.07, 6.45) is 2.52. The number of anilines is 2. The van der Waals surface area contributed by atoms with Gasteiger partial charge < -0.3 is 20.7 Å². The van der Waals surface area contributed by atoms with Crippen molar-refractivity contribution in [1.29, 1.82) is 0 Å². The second-order valence-electron chi connectivity index (χ2n) is 5.68. The fourth-order valence-electron chi connectivity index (χ4n) is 2.13. The van der Waals surface area contributed by atoms with E-state index in [4.69, 9.17) is 10.5 Å². The molecule has 3 N–H and O–H groups in total. The molecule has 0 aromatic heterocycles. The topological polar surface area (TPSA) is 50.5 Å². The molecule has 1 aliphatic carbocycles. The van der Waals surface area contributed by atoms with Crippen LogP contribution in [-0.4, -0.2) is 37.2 Å². The number of likely N-dealkylation sites (N-methyl/N-ethyl adjacent to an activating group) is 1. The highest BCUT2D eigenvalue weighted by atomic mass is 19.1.